The molecule has 28 heavy (non-hydrogen) atoms. The Morgan fingerprint density at radius 1 is 1.21 bits per heavy atom. The molecule has 0 radical (unpaired) electrons. The van der Waals surface area contributed by atoms with Crippen molar-refractivity contribution in [2.24, 2.45) is 0 Å². The molecule has 0 bridgehead atoms. The Morgan fingerprint density at radius 2 is 2.00 bits per heavy atom. The van der Waals surface area contributed by atoms with E-state index in [4.69, 9.17) is 9.72 Å². The third kappa shape index (κ3) is 4.50. The van der Waals surface area contributed by atoms with Gasteiger partial charge in [-0.15, -0.1) is 0 Å². The molecular formula is C20H29N5O2S. The molecule has 3 heterocycles. The lowest BCUT2D eigenvalue weighted by molar-refractivity contribution is 0.217. The summed E-state index contributed by atoms with van der Waals surface area (Å²) in [6, 6.07) is 4.12. The molecule has 2 fully saturated rings. The van der Waals surface area contributed by atoms with Gasteiger partial charge in [-0.25, -0.2) is 4.98 Å². The van der Waals surface area contributed by atoms with Crippen molar-refractivity contribution in [1.82, 2.24) is 18.8 Å². The number of ether oxygens (including phenoxy) is 1. The summed E-state index contributed by atoms with van der Waals surface area (Å²) in [5.74, 6) is 1.64. The molecule has 1 N–H and O–H groups in total. The molecule has 2 aromatic heterocycles. The first kappa shape index (κ1) is 19.7. The van der Waals surface area contributed by atoms with Crippen molar-refractivity contribution in [3.8, 4) is 0 Å². The molecule has 4 rings (SSSR count). The predicted molar refractivity (Wildman–Crippen MR) is 114 cm³/mol. The highest BCUT2D eigenvalue weighted by Gasteiger charge is 2.22. The first-order valence-electron chi connectivity index (χ1n) is 10.3. The molecule has 0 spiro atoms. The molecule has 1 aliphatic heterocycles. The lowest BCUT2D eigenvalue weighted by Gasteiger charge is -2.31. The summed E-state index contributed by atoms with van der Waals surface area (Å²) in [5, 5.41) is 4.43. The van der Waals surface area contributed by atoms with Crippen molar-refractivity contribution >= 4 is 28.9 Å². The van der Waals surface area contributed by atoms with Crippen LogP contribution in [0.3, 0.4) is 0 Å². The lowest BCUT2D eigenvalue weighted by Crippen LogP contribution is -2.36. The van der Waals surface area contributed by atoms with E-state index < -0.39 is 0 Å². The van der Waals surface area contributed by atoms with Gasteiger partial charge >= 0.3 is 0 Å². The number of hydrogen-bond donors (Lipinski definition) is 1. The van der Waals surface area contributed by atoms with Gasteiger partial charge in [0.25, 0.3) is 5.56 Å². The van der Waals surface area contributed by atoms with Gasteiger partial charge in [0.05, 0.1) is 6.61 Å². The van der Waals surface area contributed by atoms with Crippen molar-refractivity contribution in [2.75, 3.05) is 37.9 Å². The normalized spacial score (nSPS) is 19.5. The Labute approximate surface area is 170 Å². The van der Waals surface area contributed by atoms with Gasteiger partial charge in [-0.2, -0.15) is 4.98 Å². The minimum Gasteiger partial charge on any atom is -0.384 e. The fraction of sp³-hybridized carbons (Fsp3) is 0.650. The predicted octanol–water partition coefficient (Wildman–Crippen LogP) is 3.08. The van der Waals surface area contributed by atoms with Gasteiger partial charge in [-0.3, -0.25) is 13.7 Å². The van der Waals surface area contributed by atoms with Crippen LogP contribution in [0, 0.1) is 0 Å². The number of fused-ring (bicyclic) bond motifs is 1. The summed E-state index contributed by atoms with van der Waals surface area (Å²) < 4.78 is 9.43. The molecule has 1 saturated carbocycles. The summed E-state index contributed by atoms with van der Waals surface area (Å²) in [5.41, 5.74) is 0.815. The van der Waals surface area contributed by atoms with E-state index in [0.717, 1.165) is 62.2 Å². The SMILES string of the molecule is COCCSN1CCC(Nc2ncc3ccc(=O)n(C4CCCC4)c3n2)CC1. The van der Waals surface area contributed by atoms with Gasteiger partial charge in [-0.05, 0) is 31.7 Å². The van der Waals surface area contributed by atoms with Crippen molar-refractivity contribution in [3.05, 3.63) is 28.7 Å². The molecule has 7 nitrogen and oxygen atoms in total. The minimum absolute atomic E-state index is 0.0467. The number of aromatic nitrogens is 3. The van der Waals surface area contributed by atoms with E-state index in [1.54, 1.807) is 13.2 Å². The highest BCUT2D eigenvalue weighted by molar-refractivity contribution is 7.97. The smallest absolute Gasteiger partial charge is 0.252 e. The van der Waals surface area contributed by atoms with E-state index in [9.17, 15) is 4.79 Å². The van der Waals surface area contributed by atoms with Crippen LogP contribution in [-0.2, 0) is 4.74 Å². The number of methoxy groups -OCH3 is 1. The van der Waals surface area contributed by atoms with Crippen LogP contribution in [0.1, 0.15) is 44.6 Å². The first-order chi connectivity index (χ1) is 13.7. The second kappa shape index (κ2) is 9.24. The third-order valence-electron chi connectivity index (χ3n) is 5.71. The summed E-state index contributed by atoms with van der Waals surface area (Å²) in [7, 11) is 1.74. The van der Waals surface area contributed by atoms with Crippen LogP contribution < -0.4 is 10.9 Å². The van der Waals surface area contributed by atoms with E-state index >= 15 is 0 Å². The van der Waals surface area contributed by atoms with Crippen LogP contribution in [0.5, 0.6) is 0 Å². The van der Waals surface area contributed by atoms with E-state index in [1.807, 2.05) is 28.8 Å². The van der Waals surface area contributed by atoms with Gasteiger partial charge in [0.2, 0.25) is 5.95 Å². The number of anilines is 1. The number of nitrogens with zero attached hydrogens (tertiary/aromatic N) is 4. The maximum absolute atomic E-state index is 12.5. The van der Waals surface area contributed by atoms with E-state index in [-0.39, 0.29) is 11.6 Å². The largest absolute Gasteiger partial charge is 0.384 e. The number of nitrogens with one attached hydrogen (secondary N) is 1. The maximum atomic E-state index is 12.5. The van der Waals surface area contributed by atoms with Crippen molar-refractivity contribution < 1.29 is 4.74 Å². The summed E-state index contributed by atoms with van der Waals surface area (Å²) in [6.07, 6.45) is 8.45. The minimum atomic E-state index is 0.0467. The molecule has 2 aromatic rings. The molecule has 152 valence electrons. The lowest BCUT2D eigenvalue weighted by atomic mass is 10.1. The second-order valence-electron chi connectivity index (χ2n) is 7.63. The highest BCUT2D eigenvalue weighted by atomic mass is 32.2. The molecule has 8 heteroatoms. The van der Waals surface area contributed by atoms with Crippen LogP contribution >= 0.6 is 11.9 Å². The molecule has 1 saturated heterocycles. The Bertz CT molecular complexity index is 844. The van der Waals surface area contributed by atoms with E-state index in [1.165, 1.54) is 12.8 Å². The Hall–Kier alpha value is -1.64. The van der Waals surface area contributed by atoms with Gasteiger partial charge in [-0.1, -0.05) is 24.8 Å². The summed E-state index contributed by atoms with van der Waals surface area (Å²) in [4.78, 5) is 21.8. The molecule has 0 aromatic carbocycles. The Kier molecular flexibility index (Phi) is 6.49. The van der Waals surface area contributed by atoms with Crippen LogP contribution in [0.25, 0.3) is 11.0 Å². The molecule has 2 aliphatic rings. The molecular weight excluding hydrogens is 374 g/mol. The van der Waals surface area contributed by atoms with E-state index in [0.29, 0.717) is 12.0 Å². The molecule has 0 atom stereocenters. The quantitative estimate of drug-likeness (QED) is 0.563. The number of rotatable bonds is 7. The average molecular weight is 404 g/mol. The second-order valence-corrected chi connectivity index (χ2v) is 8.81. The zero-order chi connectivity index (χ0) is 19.3. The van der Waals surface area contributed by atoms with Gasteiger partial charge in [0, 0.05) is 55.7 Å². The van der Waals surface area contributed by atoms with Gasteiger partial charge in [0.15, 0.2) is 0 Å². The number of piperidine rings is 1. The van der Waals surface area contributed by atoms with Crippen molar-refractivity contribution in [2.45, 2.75) is 50.6 Å². The third-order valence-corrected chi connectivity index (χ3v) is 6.78. The zero-order valence-corrected chi connectivity index (χ0v) is 17.3. The van der Waals surface area contributed by atoms with Crippen molar-refractivity contribution in [3.63, 3.8) is 0 Å². The summed E-state index contributed by atoms with van der Waals surface area (Å²) in [6.45, 7) is 2.88. The fourth-order valence-corrected chi connectivity index (χ4v) is 5.15. The number of hydrogen-bond acceptors (Lipinski definition) is 7. The maximum Gasteiger partial charge on any atom is 0.252 e. The van der Waals surface area contributed by atoms with Crippen molar-refractivity contribution in [1.29, 1.82) is 0 Å². The summed E-state index contributed by atoms with van der Waals surface area (Å²) >= 11 is 1.86. The van der Waals surface area contributed by atoms with Gasteiger partial charge in [0.1, 0.15) is 5.65 Å². The Balaban J connectivity index is 1.45. The van der Waals surface area contributed by atoms with Crippen LogP contribution in [0.15, 0.2) is 23.1 Å². The first-order valence-corrected chi connectivity index (χ1v) is 11.2. The van der Waals surface area contributed by atoms with Crippen LogP contribution in [-0.4, -0.2) is 57.4 Å². The zero-order valence-electron chi connectivity index (χ0n) is 16.5. The van der Waals surface area contributed by atoms with Gasteiger partial charge < -0.3 is 10.1 Å². The van der Waals surface area contributed by atoms with Crippen LogP contribution in [0.2, 0.25) is 0 Å². The monoisotopic (exact) mass is 403 g/mol. The number of pyridine rings is 1. The van der Waals surface area contributed by atoms with E-state index in [2.05, 4.69) is 14.6 Å². The fourth-order valence-electron chi connectivity index (χ4n) is 4.18. The molecule has 1 aliphatic carbocycles. The highest BCUT2D eigenvalue weighted by Crippen LogP contribution is 2.30. The topological polar surface area (TPSA) is 72.3 Å². The molecule has 0 amide bonds. The Morgan fingerprint density at radius 3 is 2.75 bits per heavy atom. The molecule has 0 unspecified atom stereocenters. The van der Waals surface area contributed by atoms with Crippen LogP contribution in [0.4, 0.5) is 5.95 Å². The standard InChI is InChI=1S/C20H29N5O2S/c1-27-12-13-28-24-10-8-16(9-11-24)22-20-21-14-15-6-7-18(26)25(19(15)23-20)17-4-2-3-5-17/h6-7,14,16-17H,2-5,8-13H2,1H3,(H,21,22,23). The average Bonchev–Trinajstić information content (AvgIpc) is 3.23.